The number of thiazole rings is 1. The number of rotatable bonds is 2. The number of fused-ring (bicyclic) bond motifs is 3. The largest absolute Gasteiger partial charge is 0.330 e. The van der Waals surface area contributed by atoms with Crippen LogP contribution in [0.1, 0.15) is 35.3 Å². The molecular formula is C13H19N3S. The third kappa shape index (κ3) is 1.70. The van der Waals surface area contributed by atoms with Gasteiger partial charge in [0.05, 0.1) is 5.69 Å². The van der Waals surface area contributed by atoms with Crippen LogP contribution in [0, 0.1) is 12.8 Å². The average Bonchev–Trinajstić information content (AvgIpc) is 2.75. The van der Waals surface area contributed by atoms with Crippen LogP contribution >= 0.6 is 11.3 Å². The zero-order valence-corrected chi connectivity index (χ0v) is 11.3. The van der Waals surface area contributed by atoms with Gasteiger partial charge in [0, 0.05) is 22.7 Å². The smallest absolute Gasteiger partial charge is 0.194 e. The highest BCUT2D eigenvalue weighted by molar-refractivity contribution is 7.17. The third-order valence-electron chi connectivity index (χ3n) is 3.74. The zero-order chi connectivity index (χ0) is 12.0. The molecule has 0 fully saturated rings. The lowest BCUT2D eigenvalue weighted by molar-refractivity contribution is 0.498. The van der Waals surface area contributed by atoms with Gasteiger partial charge in [-0.05, 0) is 38.6 Å². The van der Waals surface area contributed by atoms with E-state index >= 15 is 0 Å². The normalized spacial score (nSPS) is 19.8. The number of aryl methyl sites for hydroxylation is 2. The summed E-state index contributed by atoms with van der Waals surface area (Å²) in [6.07, 6.45) is 4.66. The monoisotopic (exact) mass is 249 g/mol. The summed E-state index contributed by atoms with van der Waals surface area (Å²) in [5.74, 6) is 0.824. The molecule has 2 N–H and O–H groups in total. The van der Waals surface area contributed by atoms with Gasteiger partial charge in [0.2, 0.25) is 0 Å². The van der Waals surface area contributed by atoms with Gasteiger partial charge in [0.1, 0.15) is 0 Å². The van der Waals surface area contributed by atoms with Crippen molar-refractivity contribution in [1.82, 2.24) is 9.38 Å². The highest BCUT2D eigenvalue weighted by atomic mass is 32.1. The van der Waals surface area contributed by atoms with E-state index in [1.807, 2.05) is 11.3 Å². The Hall–Kier alpha value is -0.870. The molecule has 3 rings (SSSR count). The first-order chi connectivity index (χ1) is 8.20. The molecule has 92 valence electrons. The number of nitrogens with zero attached hydrogens (tertiary/aromatic N) is 2. The summed E-state index contributed by atoms with van der Waals surface area (Å²) in [6.45, 7) is 5.15. The Kier molecular flexibility index (Phi) is 2.71. The molecule has 1 aliphatic carbocycles. The predicted octanol–water partition coefficient (Wildman–Crippen LogP) is 2.33. The maximum Gasteiger partial charge on any atom is 0.194 e. The number of hydrogen-bond donors (Lipinski definition) is 1. The van der Waals surface area contributed by atoms with Gasteiger partial charge in [-0.1, -0.05) is 6.92 Å². The minimum atomic E-state index is 0.704. The average molecular weight is 249 g/mol. The van der Waals surface area contributed by atoms with E-state index in [2.05, 4.69) is 23.2 Å². The van der Waals surface area contributed by atoms with Gasteiger partial charge >= 0.3 is 0 Å². The van der Waals surface area contributed by atoms with Crippen LogP contribution in [0.2, 0.25) is 0 Å². The van der Waals surface area contributed by atoms with E-state index in [4.69, 9.17) is 5.73 Å². The van der Waals surface area contributed by atoms with Crippen molar-refractivity contribution in [1.29, 1.82) is 0 Å². The van der Waals surface area contributed by atoms with Gasteiger partial charge in [0.15, 0.2) is 4.96 Å². The van der Waals surface area contributed by atoms with Crippen molar-refractivity contribution in [3.05, 3.63) is 22.0 Å². The summed E-state index contributed by atoms with van der Waals surface area (Å²) in [5.41, 5.74) is 9.70. The summed E-state index contributed by atoms with van der Waals surface area (Å²) in [6, 6.07) is 0. The van der Waals surface area contributed by atoms with Crippen LogP contribution in [0.5, 0.6) is 0 Å². The molecule has 0 saturated carbocycles. The summed E-state index contributed by atoms with van der Waals surface area (Å²) in [7, 11) is 0. The predicted molar refractivity (Wildman–Crippen MR) is 71.8 cm³/mol. The standard InChI is InChI=1S/C13H19N3S/c1-8-3-4-11-12(7-8)17-13-15-9(2)10(5-6-14)16(11)13/h8H,3-7,14H2,1-2H3. The highest BCUT2D eigenvalue weighted by Crippen LogP contribution is 2.33. The molecule has 2 aromatic rings. The SMILES string of the molecule is Cc1nc2sc3c(n2c1CCN)CCC(C)C3. The van der Waals surface area contributed by atoms with Crippen LogP contribution in [0.15, 0.2) is 0 Å². The summed E-state index contributed by atoms with van der Waals surface area (Å²) >= 11 is 1.88. The Bertz CT molecular complexity index is 552. The van der Waals surface area contributed by atoms with Gasteiger partial charge < -0.3 is 5.73 Å². The molecule has 0 aliphatic heterocycles. The lowest BCUT2D eigenvalue weighted by Gasteiger charge is -2.18. The van der Waals surface area contributed by atoms with Crippen molar-refractivity contribution in [3.63, 3.8) is 0 Å². The first-order valence-corrected chi connectivity index (χ1v) is 7.21. The second kappa shape index (κ2) is 4.10. The van der Waals surface area contributed by atoms with E-state index in [1.165, 1.54) is 35.6 Å². The van der Waals surface area contributed by atoms with Gasteiger partial charge in [0.25, 0.3) is 0 Å². The maximum absolute atomic E-state index is 5.71. The van der Waals surface area contributed by atoms with Crippen LogP contribution in [0.4, 0.5) is 0 Å². The van der Waals surface area contributed by atoms with Crippen molar-refractivity contribution in [3.8, 4) is 0 Å². The van der Waals surface area contributed by atoms with E-state index in [1.54, 1.807) is 4.88 Å². The van der Waals surface area contributed by atoms with Crippen LogP contribution in [-0.4, -0.2) is 15.9 Å². The summed E-state index contributed by atoms with van der Waals surface area (Å²) < 4.78 is 2.38. The fourth-order valence-corrected chi connectivity index (χ4v) is 4.21. The van der Waals surface area contributed by atoms with Crippen molar-refractivity contribution >= 4 is 16.3 Å². The third-order valence-corrected chi connectivity index (χ3v) is 4.84. The fraction of sp³-hybridized carbons (Fsp3) is 0.615. The Morgan fingerprint density at radius 1 is 1.53 bits per heavy atom. The lowest BCUT2D eigenvalue weighted by Crippen LogP contribution is -2.13. The molecule has 1 unspecified atom stereocenters. The molecule has 0 radical (unpaired) electrons. The first-order valence-electron chi connectivity index (χ1n) is 6.39. The number of aromatic nitrogens is 2. The lowest BCUT2D eigenvalue weighted by atomic mass is 9.93. The summed E-state index contributed by atoms with van der Waals surface area (Å²) in [4.78, 5) is 7.40. The highest BCUT2D eigenvalue weighted by Gasteiger charge is 2.23. The molecule has 0 spiro atoms. The second-order valence-electron chi connectivity index (χ2n) is 5.12. The Balaban J connectivity index is 2.18. The molecule has 0 amide bonds. The molecular weight excluding hydrogens is 230 g/mol. The van der Waals surface area contributed by atoms with Crippen LogP contribution < -0.4 is 5.73 Å². The zero-order valence-electron chi connectivity index (χ0n) is 10.5. The van der Waals surface area contributed by atoms with Crippen molar-refractivity contribution in [2.45, 2.75) is 39.5 Å². The topological polar surface area (TPSA) is 43.3 Å². The first kappa shape index (κ1) is 11.2. The van der Waals surface area contributed by atoms with Crippen molar-refractivity contribution in [2.24, 2.45) is 11.7 Å². The van der Waals surface area contributed by atoms with Gasteiger partial charge in [-0.25, -0.2) is 4.98 Å². The van der Waals surface area contributed by atoms with Crippen molar-refractivity contribution < 1.29 is 0 Å². The van der Waals surface area contributed by atoms with E-state index in [0.717, 1.165) is 18.0 Å². The number of nitrogens with two attached hydrogens (primary N) is 1. The van der Waals surface area contributed by atoms with Gasteiger partial charge in [-0.2, -0.15) is 0 Å². The van der Waals surface area contributed by atoms with E-state index in [0.29, 0.717) is 6.54 Å². The molecule has 3 nitrogen and oxygen atoms in total. The minimum absolute atomic E-state index is 0.704. The van der Waals surface area contributed by atoms with Crippen molar-refractivity contribution in [2.75, 3.05) is 6.54 Å². The quantitative estimate of drug-likeness (QED) is 0.887. The number of imidazole rings is 1. The molecule has 0 saturated heterocycles. The van der Waals surface area contributed by atoms with Gasteiger partial charge in [-0.15, -0.1) is 11.3 Å². The fourth-order valence-electron chi connectivity index (χ4n) is 2.82. The Morgan fingerprint density at radius 3 is 3.12 bits per heavy atom. The molecule has 4 heteroatoms. The molecule has 0 bridgehead atoms. The van der Waals surface area contributed by atoms with Crippen LogP contribution in [0.3, 0.4) is 0 Å². The Morgan fingerprint density at radius 2 is 2.35 bits per heavy atom. The van der Waals surface area contributed by atoms with Crippen LogP contribution in [-0.2, 0) is 19.3 Å². The minimum Gasteiger partial charge on any atom is -0.330 e. The molecule has 0 aromatic carbocycles. The van der Waals surface area contributed by atoms with E-state index < -0.39 is 0 Å². The second-order valence-corrected chi connectivity index (χ2v) is 6.18. The van der Waals surface area contributed by atoms with Gasteiger partial charge in [-0.3, -0.25) is 4.40 Å². The Labute approximate surface area is 106 Å². The molecule has 17 heavy (non-hydrogen) atoms. The summed E-state index contributed by atoms with van der Waals surface area (Å²) in [5, 5.41) is 0. The van der Waals surface area contributed by atoms with E-state index in [9.17, 15) is 0 Å². The maximum atomic E-state index is 5.71. The van der Waals surface area contributed by atoms with E-state index in [-0.39, 0.29) is 0 Å². The molecule has 2 aromatic heterocycles. The number of hydrogen-bond acceptors (Lipinski definition) is 3. The van der Waals surface area contributed by atoms with Crippen LogP contribution in [0.25, 0.3) is 4.96 Å². The molecule has 2 heterocycles. The molecule has 1 aliphatic rings. The molecule has 1 atom stereocenters.